The maximum Gasteiger partial charge on any atom is 0.355 e. The van der Waals surface area contributed by atoms with Crippen molar-refractivity contribution in [3.63, 3.8) is 0 Å². The number of carboxylic acids is 1. The van der Waals surface area contributed by atoms with Gasteiger partial charge < -0.3 is 10.2 Å². The molecule has 5 rings (SSSR count). The zero-order chi connectivity index (χ0) is 24.0. The standard InChI is InChI=1S/C25H13F2NO4S2/c26-15-7-14(8-16(27)9-15)22(30)23-21(18-6-5-17(29)10-20(18)34-23)12-1-3-13(4-2-12)24-28-19(11-33-24)25(31)32/h1-11,29H,(H,31,32). The Labute approximate surface area is 199 Å². The highest BCUT2D eigenvalue weighted by Crippen LogP contribution is 2.42. The molecule has 2 N–H and O–H groups in total. The predicted octanol–water partition coefficient (Wildman–Crippen LogP) is 6.60. The molecule has 5 nitrogen and oxygen atoms in total. The number of benzene rings is 3. The first-order valence-corrected chi connectivity index (χ1v) is 11.6. The Morgan fingerprint density at radius 3 is 2.21 bits per heavy atom. The summed E-state index contributed by atoms with van der Waals surface area (Å²) >= 11 is 2.33. The van der Waals surface area contributed by atoms with Gasteiger partial charge in [-0.3, -0.25) is 4.79 Å². The van der Waals surface area contributed by atoms with Gasteiger partial charge in [0.25, 0.3) is 0 Å². The molecule has 0 radical (unpaired) electrons. The molecule has 0 aliphatic carbocycles. The van der Waals surface area contributed by atoms with E-state index in [4.69, 9.17) is 5.11 Å². The number of ketones is 1. The van der Waals surface area contributed by atoms with Gasteiger partial charge in [0.1, 0.15) is 22.4 Å². The lowest BCUT2D eigenvalue weighted by Gasteiger charge is -2.07. The van der Waals surface area contributed by atoms with E-state index in [-0.39, 0.29) is 21.9 Å². The minimum absolute atomic E-state index is 0.0319. The summed E-state index contributed by atoms with van der Waals surface area (Å²) in [6.07, 6.45) is 0. The third kappa shape index (κ3) is 3.95. The molecule has 2 aromatic heterocycles. The van der Waals surface area contributed by atoms with Gasteiger partial charge in [-0.15, -0.1) is 22.7 Å². The van der Waals surface area contributed by atoms with E-state index in [1.807, 2.05) is 0 Å². The molecule has 0 unspecified atom stereocenters. The highest BCUT2D eigenvalue weighted by molar-refractivity contribution is 7.21. The summed E-state index contributed by atoms with van der Waals surface area (Å²) in [5.41, 5.74) is 1.80. The first kappa shape index (κ1) is 21.9. The number of hydrogen-bond acceptors (Lipinski definition) is 6. The smallest absolute Gasteiger partial charge is 0.355 e. The SMILES string of the molecule is O=C(O)c1csc(-c2ccc(-c3c(C(=O)c4cc(F)cc(F)c4)sc4cc(O)ccc34)cc2)n1. The highest BCUT2D eigenvalue weighted by atomic mass is 32.1. The van der Waals surface area contributed by atoms with Gasteiger partial charge in [-0.1, -0.05) is 24.3 Å². The molecular formula is C25H13F2NO4S2. The number of phenolic OH excluding ortho intramolecular Hbond substituents is 1. The first-order valence-electron chi connectivity index (χ1n) is 9.86. The number of carbonyl (C=O) groups is 2. The van der Waals surface area contributed by atoms with E-state index in [1.165, 1.54) is 28.8 Å². The van der Waals surface area contributed by atoms with Crippen LogP contribution in [-0.2, 0) is 0 Å². The van der Waals surface area contributed by atoms with Gasteiger partial charge in [-0.2, -0.15) is 0 Å². The number of thiazole rings is 1. The number of phenols is 1. The van der Waals surface area contributed by atoms with Crippen molar-refractivity contribution in [2.24, 2.45) is 0 Å². The average Bonchev–Trinajstić information content (AvgIpc) is 3.43. The Morgan fingerprint density at radius 1 is 0.882 bits per heavy atom. The second-order valence-electron chi connectivity index (χ2n) is 7.39. The van der Waals surface area contributed by atoms with Crippen LogP contribution in [0.4, 0.5) is 8.78 Å². The predicted molar refractivity (Wildman–Crippen MR) is 127 cm³/mol. The second-order valence-corrected chi connectivity index (χ2v) is 9.30. The topological polar surface area (TPSA) is 87.5 Å². The zero-order valence-electron chi connectivity index (χ0n) is 17.1. The normalized spacial score (nSPS) is 11.1. The maximum absolute atomic E-state index is 13.8. The molecule has 3 aromatic carbocycles. The molecule has 0 spiro atoms. The Hall–Kier alpha value is -3.95. The lowest BCUT2D eigenvalue weighted by atomic mass is 9.97. The van der Waals surface area contributed by atoms with Gasteiger partial charge in [0.05, 0.1) is 4.88 Å². The monoisotopic (exact) mass is 493 g/mol. The fraction of sp³-hybridized carbons (Fsp3) is 0. The van der Waals surface area contributed by atoms with Crippen molar-refractivity contribution in [2.75, 3.05) is 0 Å². The van der Waals surface area contributed by atoms with Gasteiger partial charge in [0, 0.05) is 38.2 Å². The van der Waals surface area contributed by atoms with E-state index in [0.29, 0.717) is 37.9 Å². The van der Waals surface area contributed by atoms with E-state index in [9.17, 15) is 23.5 Å². The number of halogens is 2. The van der Waals surface area contributed by atoms with Gasteiger partial charge in [-0.25, -0.2) is 18.6 Å². The number of aromatic nitrogens is 1. The number of thiophene rings is 1. The Kier molecular flexibility index (Phi) is 5.43. The van der Waals surface area contributed by atoms with Crippen LogP contribution in [0.3, 0.4) is 0 Å². The van der Waals surface area contributed by atoms with Crippen molar-refractivity contribution < 1.29 is 28.6 Å². The molecule has 9 heteroatoms. The van der Waals surface area contributed by atoms with Crippen LogP contribution in [0.15, 0.2) is 66.0 Å². The van der Waals surface area contributed by atoms with Gasteiger partial charge in [-0.05, 0) is 35.9 Å². The van der Waals surface area contributed by atoms with Crippen molar-refractivity contribution >= 4 is 44.5 Å². The highest BCUT2D eigenvalue weighted by Gasteiger charge is 2.22. The van der Waals surface area contributed by atoms with E-state index < -0.39 is 23.4 Å². The summed E-state index contributed by atoms with van der Waals surface area (Å²) in [4.78, 5) is 28.8. The number of hydrogen-bond donors (Lipinski definition) is 2. The fourth-order valence-electron chi connectivity index (χ4n) is 3.63. The van der Waals surface area contributed by atoms with Crippen molar-refractivity contribution in [2.45, 2.75) is 0 Å². The van der Waals surface area contributed by atoms with Crippen molar-refractivity contribution in [3.05, 3.63) is 93.8 Å². The second kappa shape index (κ2) is 8.44. The molecule has 0 amide bonds. The fourth-order valence-corrected chi connectivity index (χ4v) is 5.65. The summed E-state index contributed by atoms with van der Waals surface area (Å²) in [7, 11) is 0. The number of nitrogens with zero attached hydrogens (tertiary/aromatic N) is 1. The van der Waals surface area contributed by atoms with Crippen LogP contribution in [-0.4, -0.2) is 26.9 Å². The van der Waals surface area contributed by atoms with Crippen LogP contribution in [0.1, 0.15) is 25.7 Å². The molecule has 0 aliphatic heterocycles. The molecule has 0 bridgehead atoms. The Balaban J connectivity index is 1.63. The summed E-state index contributed by atoms with van der Waals surface area (Å²) in [5, 5.41) is 21.7. The third-order valence-corrected chi connectivity index (χ3v) is 7.19. The third-order valence-electron chi connectivity index (χ3n) is 5.15. The van der Waals surface area contributed by atoms with Crippen LogP contribution < -0.4 is 0 Å². The quantitative estimate of drug-likeness (QED) is 0.269. The lowest BCUT2D eigenvalue weighted by Crippen LogP contribution is -2.02. The molecule has 34 heavy (non-hydrogen) atoms. The minimum Gasteiger partial charge on any atom is -0.508 e. The summed E-state index contributed by atoms with van der Waals surface area (Å²) < 4.78 is 28.2. The molecule has 0 atom stereocenters. The zero-order valence-corrected chi connectivity index (χ0v) is 18.7. The first-order chi connectivity index (χ1) is 16.3. The van der Waals surface area contributed by atoms with E-state index in [1.54, 1.807) is 30.3 Å². The Bertz CT molecular complexity index is 1570. The summed E-state index contributed by atoms with van der Waals surface area (Å²) in [6, 6.07) is 14.5. The lowest BCUT2D eigenvalue weighted by molar-refractivity contribution is 0.0691. The Morgan fingerprint density at radius 2 is 1.56 bits per heavy atom. The van der Waals surface area contributed by atoms with Crippen molar-refractivity contribution in [1.29, 1.82) is 0 Å². The largest absolute Gasteiger partial charge is 0.508 e. The minimum atomic E-state index is -1.11. The number of carbonyl (C=O) groups excluding carboxylic acids is 1. The number of aromatic hydroxyl groups is 1. The number of aromatic carboxylic acids is 1. The van der Waals surface area contributed by atoms with Gasteiger partial charge in [0.15, 0.2) is 5.69 Å². The van der Waals surface area contributed by atoms with Crippen LogP contribution in [0, 0.1) is 11.6 Å². The molecule has 2 heterocycles. The average molecular weight is 494 g/mol. The number of carboxylic acid groups (broad SMARTS) is 1. The number of rotatable bonds is 5. The molecular weight excluding hydrogens is 480 g/mol. The molecule has 0 saturated carbocycles. The van der Waals surface area contributed by atoms with Crippen LogP contribution in [0.25, 0.3) is 31.8 Å². The molecule has 0 saturated heterocycles. The van der Waals surface area contributed by atoms with Crippen molar-refractivity contribution in [1.82, 2.24) is 4.98 Å². The van der Waals surface area contributed by atoms with Crippen LogP contribution in [0.5, 0.6) is 5.75 Å². The maximum atomic E-state index is 13.8. The molecule has 5 aromatic rings. The van der Waals surface area contributed by atoms with Gasteiger partial charge >= 0.3 is 5.97 Å². The van der Waals surface area contributed by atoms with E-state index in [0.717, 1.165) is 23.5 Å². The molecule has 0 aliphatic rings. The number of fused-ring (bicyclic) bond motifs is 1. The summed E-state index contributed by atoms with van der Waals surface area (Å²) in [6.45, 7) is 0. The van der Waals surface area contributed by atoms with Crippen molar-refractivity contribution in [3.8, 4) is 27.4 Å². The van der Waals surface area contributed by atoms with Crippen LogP contribution in [0.2, 0.25) is 0 Å². The molecule has 0 fully saturated rings. The van der Waals surface area contributed by atoms with Crippen LogP contribution >= 0.6 is 22.7 Å². The van der Waals surface area contributed by atoms with E-state index >= 15 is 0 Å². The summed E-state index contributed by atoms with van der Waals surface area (Å²) in [5.74, 6) is -3.31. The van der Waals surface area contributed by atoms with Gasteiger partial charge in [0.2, 0.25) is 5.78 Å². The van der Waals surface area contributed by atoms with E-state index in [2.05, 4.69) is 4.98 Å². The molecule has 168 valence electrons.